The Morgan fingerprint density at radius 2 is 2.00 bits per heavy atom. The molecule has 0 radical (unpaired) electrons. The maximum Gasteiger partial charge on any atom is 0.375 e. The van der Waals surface area contributed by atoms with Gasteiger partial charge in [-0.2, -0.15) is 12.7 Å². The van der Waals surface area contributed by atoms with E-state index in [4.69, 9.17) is 0 Å². The number of benzene rings is 1. The van der Waals surface area contributed by atoms with Gasteiger partial charge < -0.3 is 0 Å². The van der Waals surface area contributed by atoms with Crippen LogP contribution in [0.4, 0.5) is 3.89 Å². The van der Waals surface area contributed by atoms with E-state index in [0.717, 1.165) is 21.0 Å². The third kappa shape index (κ3) is 2.66. The number of hydrogen-bond donors (Lipinski definition) is 0. The third-order valence-electron chi connectivity index (χ3n) is 3.18. The van der Waals surface area contributed by atoms with Gasteiger partial charge in [-0.15, -0.1) is 0 Å². The zero-order valence-corrected chi connectivity index (χ0v) is 10.8. The predicted octanol–water partition coefficient (Wildman–Crippen LogP) is 2.38. The van der Waals surface area contributed by atoms with Gasteiger partial charge in [0.1, 0.15) is 0 Å². The smallest absolute Gasteiger partial charge is 0.177 e. The Morgan fingerprint density at radius 3 is 2.59 bits per heavy atom. The molecule has 3 nitrogen and oxygen atoms in total. The fourth-order valence-electron chi connectivity index (χ4n) is 2.10. The van der Waals surface area contributed by atoms with Gasteiger partial charge in [-0.1, -0.05) is 35.9 Å². The van der Waals surface area contributed by atoms with E-state index < -0.39 is 10.4 Å². The van der Waals surface area contributed by atoms with E-state index in [1.54, 1.807) is 0 Å². The fraction of sp³-hybridized carbons (Fsp3) is 0.500. The van der Waals surface area contributed by atoms with Crippen LogP contribution in [0.1, 0.15) is 36.5 Å². The molecule has 17 heavy (non-hydrogen) atoms. The summed E-state index contributed by atoms with van der Waals surface area (Å²) in [6.07, 6.45) is 0.580. The summed E-state index contributed by atoms with van der Waals surface area (Å²) in [6.45, 7) is 4.53. The number of halogens is 1. The SMILES string of the molecule is CC(C)c1ccc2c(c1)CN(S(=O)(=O)F)CC2. The van der Waals surface area contributed by atoms with Gasteiger partial charge in [0.15, 0.2) is 0 Å². The molecule has 0 saturated heterocycles. The van der Waals surface area contributed by atoms with Crippen molar-refractivity contribution in [2.24, 2.45) is 0 Å². The van der Waals surface area contributed by atoms with E-state index in [9.17, 15) is 12.3 Å². The summed E-state index contributed by atoms with van der Waals surface area (Å²) >= 11 is 0. The summed E-state index contributed by atoms with van der Waals surface area (Å²) in [6, 6.07) is 6.06. The molecule has 0 aromatic heterocycles. The first-order valence-electron chi connectivity index (χ1n) is 5.69. The van der Waals surface area contributed by atoms with Crippen molar-refractivity contribution in [3.8, 4) is 0 Å². The second-order valence-corrected chi connectivity index (χ2v) is 6.05. The average molecular weight is 257 g/mol. The highest BCUT2D eigenvalue weighted by Crippen LogP contribution is 2.25. The molecule has 0 fully saturated rings. The monoisotopic (exact) mass is 257 g/mol. The van der Waals surface area contributed by atoms with Crippen molar-refractivity contribution in [1.29, 1.82) is 0 Å². The van der Waals surface area contributed by atoms with Crippen molar-refractivity contribution in [1.82, 2.24) is 4.31 Å². The number of hydrogen-bond acceptors (Lipinski definition) is 2. The van der Waals surface area contributed by atoms with Crippen LogP contribution in [0, 0.1) is 0 Å². The zero-order chi connectivity index (χ0) is 12.6. The normalized spacial score (nSPS) is 17.2. The van der Waals surface area contributed by atoms with Gasteiger partial charge in [0.05, 0.1) is 0 Å². The minimum atomic E-state index is -4.57. The summed E-state index contributed by atoms with van der Waals surface area (Å²) in [5, 5.41) is 0. The minimum Gasteiger partial charge on any atom is -0.177 e. The maximum absolute atomic E-state index is 12.9. The molecule has 1 aromatic rings. The summed E-state index contributed by atoms with van der Waals surface area (Å²) in [7, 11) is -4.57. The first-order chi connectivity index (χ1) is 7.88. The lowest BCUT2D eigenvalue weighted by atomic mass is 9.94. The van der Waals surface area contributed by atoms with Gasteiger partial charge >= 0.3 is 10.4 Å². The van der Waals surface area contributed by atoms with Gasteiger partial charge in [-0.25, -0.2) is 0 Å². The number of nitrogens with zero attached hydrogens (tertiary/aromatic N) is 1. The van der Waals surface area contributed by atoms with E-state index in [0.29, 0.717) is 12.3 Å². The summed E-state index contributed by atoms with van der Waals surface area (Å²) in [5.74, 6) is 0.387. The molecule has 0 aliphatic carbocycles. The first kappa shape index (κ1) is 12.5. The number of fused-ring (bicyclic) bond motifs is 1. The fourth-order valence-corrected chi connectivity index (χ4v) is 2.70. The van der Waals surface area contributed by atoms with Crippen molar-refractivity contribution < 1.29 is 12.3 Å². The minimum absolute atomic E-state index is 0.148. The predicted molar refractivity (Wildman–Crippen MR) is 64.7 cm³/mol. The standard InChI is InChI=1S/C12H16FNO2S/c1-9(2)11-4-3-10-5-6-14(17(13,15)16)8-12(10)7-11/h3-4,7,9H,5-6,8H2,1-2H3. The van der Waals surface area contributed by atoms with Crippen LogP contribution in [0.3, 0.4) is 0 Å². The Morgan fingerprint density at radius 1 is 1.29 bits per heavy atom. The Balaban J connectivity index is 2.33. The van der Waals surface area contributed by atoms with E-state index in [1.165, 1.54) is 0 Å². The molecular weight excluding hydrogens is 241 g/mol. The summed E-state index contributed by atoms with van der Waals surface area (Å²) in [5.41, 5.74) is 3.19. The van der Waals surface area contributed by atoms with Crippen molar-refractivity contribution in [3.05, 3.63) is 34.9 Å². The first-order valence-corrected chi connectivity index (χ1v) is 7.03. The van der Waals surface area contributed by atoms with E-state index in [1.807, 2.05) is 12.1 Å². The molecule has 0 unspecified atom stereocenters. The van der Waals surface area contributed by atoms with Crippen LogP contribution in [0.25, 0.3) is 0 Å². The van der Waals surface area contributed by atoms with Gasteiger partial charge in [0, 0.05) is 13.1 Å². The molecule has 5 heteroatoms. The molecule has 1 aliphatic rings. The largest absolute Gasteiger partial charge is 0.375 e. The molecule has 0 N–H and O–H groups in total. The highest BCUT2D eigenvalue weighted by Gasteiger charge is 2.26. The van der Waals surface area contributed by atoms with Gasteiger partial charge in [0.25, 0.3) is 0 Å². The molecule has 94 valence electrons. The van der Waals surface area contributed by atoms with Crippen LogP contribution < -0.4 is 0 Å². The maximum atomic E-state index is 12.9. The van der Waals surface area contributed by atoms with Crippen molar-refractivity contribution in [3.63, 3.8) is 0 Å². The van der Waals surface area contributed by atoms with Gasteiger partial charge in [-0.3, -0.25) is 0 Å². The second-order valence-electron chi connectivity index (χ2n) is 4.71. The molecule has 0 atom stereocenters. The second kappa shape index (κ2) is 4.38. The van der Waals surface area contributed by atoms with E-state index in [-0.39, 0.29) is 13.1 Å². The molecule has 0 spiro atoms. The molecule has 0 saturated carbocycles. The molecule has 1 aromatic carbocycles. The lowest BCUT2D eigenvalue weighted by Crippen LogP contribution is -2.33. The van der Waals surface area contributed by atoms with E-state index >= 15 is 0 Å². The van der Waals surface area contributed by atoms with Crippen LogP contribution >= 0.6 is 0 Å². The highest BCUT2D eigenvalue weighted by molar-refractivity contribution is 7.83. The van der Waals surface area contributed by atoms with Crippen LogP contribution in [-0.4, -0.2) is 19.3 Å². The Labute approximate surface area is 102 Å². The highest BCUT2D eigenvalue weighted by atomic mass is 32.3. The zero-order valence-electron chi connectivity index (χ0n) is 9.98. The molecule has 0 bridgehead atoms. The van der Waals surface area contributed by atoms with Crippen LogP contribution in [0.2, 0.25) is 0 Å². The quantitative estimate of drug-likeness (QED) is 0.763. The van der Waals surface area contributed by atoms with Crippen LogP contribution in [-0.2, 0) is 23.4 Å². The van der Waals surface area contributed by atoms with Crippen molar-refractivity contribution >= 4 is 10.4 Å². The Kier molecular flexibility index (Phi) is 3.23. The van der Waals surface area contributed by atoms with Crippen molar-refractivity contribution in [2.75, 3.05) is 6.54 Å². The Bertz CT molecular complexity index is 525. The van der Waals surface area contributed by atoms with Crippen LogP contribution in [0.5, 0.6) is 0 Å². The van der Waals surface area contributed by atoms with Gasteiger partial charge in [0.2, 0.25) is 0 Å². The average Bonchev–Trinajstić information content (AvgIpc) is 2.26. The molecule has 1 heterocycles. The summed E-state index contributed by atoms with van der Waals surface area (Å²) in [4.78, 5) is 0. The van der Waals surface area contributed by atoms with Gasteiger partial charge in [-0.05, 0) is 29.0 Å². The van der Waals surface area contributed by atoms with E-state index in [2.05, 4.69) is 19.9 Å². The topological polar surface area (TPSA) is 37.4 Å². The molecule has 2 rings (SSSR count). The van der Waals surface area contributed by atoms with Crippen molar-refractivity contribution in [2.45, 2.75) is 32.7 Å². The molecule has 0 amide bonds. The summed E-state index contributed by atoms with van der Waals surface area (Å²) < 4.78 is 35.6. The Hall–Kier alpha value is -0.940. The third-order valence-corrected chi connectivity index (χ3v) is 4.11. The van der Waals surface area contributed by atoms with Crippen LogP contribution in [0.15, 0.2) is 18.2 Å². The molecule has 1 aliphatic heterocycles. The lowest BCUT2D eigenvalue weighted by Gasteiger charge is -2.25. The lowest BCUT2D eigenvalue weighted by molar-refractivity contribution is 0.366. The molecular formula is C12H16FNO2S. The number of rotatable bonds is 2.